The molecule has 5 aromatic rings. The molecular formula is C47H44N2S. The molecule has 2 aliphatic carbocycles. The lowest BCUT2D eigenvalue weighted by Crippen LogP contribution is -2.30. The highest BCUT2D eigenvalue weighted by atomic mass is 32.1. The van der Waals surface area contributed by atoms with Crippen molar-refractivity contribution in [1.29, 1.82) is 0 Å². The molecule has 2 nitrogen and oxygen atoms in total. The predicted molar refractivity (Wildman–Crippen MR) is 219 cm³/mol. The third-order valence-electron chi connectivity index (χ3n) is 9.52. The van der Waals surface area contributed by atoms with Crippen molar-refractivity contribution in [3.63, 3.8) is 0 Å². The summed E-state index contributed by atoms with van der Waals surface area (Å²) in [5.74, 6) is 0. The van der Waals surface area contributed by atoms with Crippen LogP contribution in [-0.4, -0.2) is 6.04 Å². The van der Waals surface area contributed by atoms with Crippen LogP contribution in [0, 0.1) is 13.8 Å². The maximum Gasteiger partial charge on any atom is 0.0559 e. The Bertz CT molecular complexity index is 2120. The smallest absolute Gasteiger partial charge is 0.0559 e. The first kappa shape index (κ1) is 33.1. The normalized spacial score (nSPS) is 15.3. The fraction of sp³-hybridized carbons (Fsp3) is 0.149. The van der Waals surface area contributed by atoms with Crippen molar-refractivity contribution in [2.75, 3.05) is 9.80 Å². The molecule has 4 aromatic carbocycles. The Morgan fingerprint density at radius 1 is 0.800 bits per heavy atom. The van der Waals surface area contributed by atoms with Gasteiger partial charge in [0.2, 0.25) is 0 Å². The zero-order chi connectivity index (χ0) is 34.5. The number of hydrogen-bond acceptors (Lipinski definition) is 3. The van der Waals surface area contributed by atoms with Gasteiger partial charge in [-0.05, 0) is 117 Å². The Labute approximate surface area is 302 Å². The van der Waals surface area contributed by atoms with Gasteiger partial charge in [0.15, 0.2) is 0 Å². The van der Waals surface area contributed by atoms with Gasteiger partial charge in [-0.25, -0.2) is 0 Å². The molecule has 0 fully saturated rings. The van der Waals surface area contributed by atoms with E-state index in [1.807, 2.05) is 17.4 Å². The number of para-hydroxylation sites is 1. The van der Waals surface area contributed by atoms with Crippen LogP contribution in [0.1, 0.15) is 45.4 Å². The van der Waals surface area contributed by atoms with Crippen LogP contribution in [0.15, 0.2) is 158 Å². The molecule has 3 heteroatoms. The van der Waals surface area contributed by atoms with Crippen LogP contribution in [0.5, 0.6) is 0 Å². The largest absolute Gasteiger partial charge is 0.334 e. The van der Waals surface area contributed by atoms with Crippen LogP contribution in [0.4, 0.5) is 22.7 Å². The highest BCUT2D eigenvalue weighted by Gasteiger charge is 2.27. The Morgan fingerprint density at radius 2 is 1.50 bits per heavy atom. The van der Waals surface area contributed by atoms with Crippen molar-refractivity contribution >= 4 is 45.7 Å². The number of thiophene rings is 1. The first-order valence-electron chi connectivity index (χ1n) is 17.6. The molecule has 0 saturated heterocycles. The maximum atomic E-state index is 4.15. The van der Waals surface area contributed by atoms with Crippen molar-refractivity contribution in [1.82, 2.24) is 0 Å². The number of benzene rings is 4. The molecule has 7 rings (SSSR count). The van der Waals surface area contributed by atoms with Gasteiger partial charge in [-0.1, -0.05) is 109 Å². The standard InChI is InChI=1S/C47H44N2S/c1-5-13-36(31-32-48(38-15-9-7-10-16-38)39-24-19-34(3)20-25-39)46-44(14-6-2)50-45-30-23-37-33-42(28-29-43(37)47(45)46)49(40-17-11-8-12-18-40)41-26-21-35(4)22-27-41/h5-17,19-22,24-29,31-33,40H,1,18,23,30H2,2-4H3/b14-6-,32-31-,36-13+. The molecule has 0 spiro atoms. The van der Waals surface area contributed by atoms with E-state index in [0.29, 0.717) is 0 Å². The molecule has 1 aromatic heterocycles. The Hall–Kier alpha value is -5.38. The molecule has 0 saturated carbocycles. The minimum atomic E-state index is 0.270. The second-order valence-corrected chi connectivity index (χ2v) is 14.2. The van der Waals surface area contributed by atoms with Crippen molar-refractivity contribution in [3.8, 4) is 11.1 Å². The molecule has 248 valence electrons. The summed E-state index contributed by atoms with van der Waals surface area (Å²) in [6.07, 6.45) is 24.9. The monoisotopic (exact) mass is 668 g/mol. The highest BCUT2D eigenvalue weighted by Crippen LogP contribution is 2.48. The first-order valence-corrected chi connectivity index (χ1v) is 18.4. The zero-order valence-corrected chi connectivity index (χ0v) is 30.0. The number of anilines is 4. The fourth-order valence-corrected chi connectivity index (χ4v) is 8.37. The van der Waals surface area contributed by atoms with Crippen molar-refractivity contribution in [2.24, 2.45) is 0 Å². The lowest BCUT2D eigenvalue weighted by molar-refractivity contribution is 0.784. The Kier molecular flexibility index (Phi) is 9.96. The van der Waals surface area contributed by atoms with Gasteiger partial charge in [-0.2, -0.15) is 0 Å². The predicted octanol–water partition coefficient (Wildman–Crippen LogP) is 13.1. The van der Waals surface area contributed by atoms with Gasteiger partial charge in [-0.15, -0.1) is 11.3 Å². The molecular weight excluding hydrogens is 625 g/mol. The molecule has 0 N–H and O–H groups in total. The number of hydrogen-bond donors (Lipinski definition) is 0. The summed E-state index contributed by atoms with van der Waals surface area (Å²) in [5.41, 5.74) is 13.7. The van der Waals surface area contributed by atoms with E-state index < -0.39 is 0 Å². The van der Waals surface area contributed by atoms with Gasteiger partial charge in [0.25, 0.3) is 0 Å². The highest BCUT2D eigenvalue weighted by molar-refractivity contribution is 7.13. The molecule has 0 amide bonds. The summed E-state index contributed by atoms with van der Waals surface area (Å²) >= 11 is 1.93. The number of rotatable bonds is 10. The van der Waals surface area contributed by atoms with Crippen LogP contribution in [0.2, 0.25) is 0 Å². The summed E-state index contributed by atoms with van der Waals surface area (Å²) < 4.78 is 0. The molecule has 50 heavy (non-hydrogen) atoms. The van der Waals surface area contributed by atoms with E-state index in [1.165, 1.54) is 54.5 Å². The third-order valence-corrected chi connectivity index (χ3v) is 10.7. The van der Waals surface area contributed by atoms with Crippen molar-refractivity contribution in [3.05, 3.63) is 190 Å². The van der Waals surface area contributed by atoms with Crippen LogP contribution < -0.4 is 9.80 Å². The van der Waals surface area contributed by atoms with E-state index in [2.05, 4.69) is 189 Å². The van der Waals surface area contributed by atoms with Gasteiger partial charge in [-0.3, -0.25) is 0 Å². The Morgan fingerprint density at radius 3 is 2.18 bits per heavy atom. The molecule has 1 atom stereocenters. The second kappa shape index (κ2) is 15.0. The van der Waals surface area contributed by atoms with Gasteiger partial charge in [0.1, 0.15) is 0 Å². The average molecular weight is 669 g/mol. The van der Waals surface area contributed by atoms with Gasteiger partial charge in [0, 0.05) is 49.8 Å². The summed E-state index contributed by atoms with van der Waals surface area (Å²) in [7, 11) is 0. The molecule has 0 radical (unpaired) electrons. The minimum absolute atomic E-state index is 0.270. The van der Waals surface area contributed by atoms with E-state index in [1.54, 1.807) is 0 Å². The zero-order valence-electron chi connectivity index (χ0n) is 29.2. The van der Waals surface area contributed by atoms with Crippen LogP contribution >= 0.6 is 11.3 Å². The van der Waals surface area contributed by atoms with Crippen molar-refractivity contribution in [2.45, 2.75) is 46.1 Å². The first-order chi connectivity index (χ1) is 24.5. The van der Waals surface area contributed by atoms with E-state index >= 15 is 0 Å². The second-order valence-electron chi connectivity index (χ2n) is 13.0. The number of fused-ring (bicyclic) bond motifs is 3. The third kappa shape index (κ3) is 6.88. The lowest BCUT2D eigenvalue weighted by Gasteiger charge is -2.33. The quantitative estimate of drug-likeness (QED) is 0.137. The number of nitrogens with zero attached hydrogens (tertiary/aromatic N) is 2. The minimum Gasteiger partial charge on any atom is -0.334 e. The van der Waals surface area contributed by atoms with Crippen LogP contribution in [-0.2, 0) is 12.8 Å². The van der Waals surface area contributed by atoms with Crippen molar-refractivity contribution < 1.29 is 0 Å². The van der Waals surface area contributed by atoms with Crippen LogP contribution in [0.3, 0.4) is 0 Å². The molecule has 1 unspecified atom stereocenters. The van der Waals surface area contributed by atoms with E-state index in [9.17, 15) is 0 Å². The number of allylic oxidation sites excluding steroid dienone is 7. The summed E-state index contributed by atoms with van der Waals surface area (Å²) in [6.45, 7) is 10.5. The summed E-state index contributed by atoms with van der Waals surface area (Å²) in [5, 5.41) is 0. The molecule has 2 aliphatic rings. The molecule has 0 aliphatic heterocycles. The average Bonchev–Trinajstić information content (AvgIpc) is 3.52. The lowest BCUT2D eigenvalue weighted by atomic mass is 9.85. The molecule has 0 bridgehead atoms. The maximum absolute atomic E-state index is 4.15. The van der Waals surface area contributed by atoms with E-state index in [0.717, 1.165) is 36.2 Å². The molecule has 1 heterocycles. The topological polar surface area (TPSA) is 6.48 Å². The summed E-state index contributed by atoms with van der Waals surface area (Å²) in [6, 6.07) is 35.7. The van der Waals surface area contributed by atoms with Gasteiger partial charge >= 0.3 is 0 Å². The van der Waals surface area contributed by atoms with Gasteiger partial charge in [0.05, 0.1) is 6.04 Å². The fourth-order valence-electron chi connectivity index (χ4n) is 7.06. The number of aryl methyl sites for hydroxylation is 4. The SMILES string of the molecule is C=C/C=C(\C=C/N(c1ccccc1)c1ccc(C)cc1)c1c(/C=C\C)sc2c1-c1ccc(N(c3ccc(C)cc3)C3C=CC=CC3)cc1CC2. The Balaban J connectivity index is 1.32. The van der Waals surface area contributed by atoms with E-state index in [4.69, 9.17) is 0 Å². The summed E-state index contributed by atoms with van der Waals surface area (Å²) in [4.78, 5) is 7.50. The van der Waals surface area contributed by atoms with Gasteiger partial charge < -0.3 is 9.80 Å². The van der Waals surface area contributed by atoms with E-state index in [-0.39, 0.29) is 6.04 Å². The van der Waals surface area contributed by atoms with Crippen LogP contribution in [0.25, 0.3) is 22.8 Å².